The van der Waals surface area contributed by atoms with Crippen LogP contribution in [-0.2, 0) is 4.79 Å². The third kappa shape index (κ3) is 2.13. The fraction of sp³-hybridized carbons (Fsp3) is 0.375. The standard InChI is InChI=1S/C16H13BrFNOS/c17-9-7-8(1-2-10(9)18)14-15-11(3-4-13(15)20)19-12-5-6-21-16(12)14/h1-2,7,14,16H,3-6H2/t14-,16?/m0/s1. The SMILES string of the molecule is O=C1CCC2=C1[C@H](c1ccc(F)c(Br)c1)C1SCCC1=N2. The number of rotatable bonds is 1. The van der Waals surface area contributed by atoms with Gasteiger partial charge in [-0.3, -0.25) is 9.79 Å². The first-order valence-electron chi connectivity index (χ1n) is 7.05. The van der Waals surface area contributed by atoms with Gasteiger partial charge in [0.15, 0.2) is 5.78 Å². The van der Waals surface area contributed by atoms with E-state index in [-0.39, 0.29) is 22.8 Å². The average molecular weight is 366 g/mol. The van der Waals surface area contributed by atoms with Crippen LogP contribution in [0.2, 0.25) is 0 Å². The Balaban J connectivity index is 1.86. The number of carbonyl (C=O) groups is 1. The van der Waals surface area contributed by atoms with Crippen LogP contribution in [-0.4, -0.2) is 22.5 Å². The molecule has 1 aromatic rings. The molecule has 4 rings (SSSR count). The molecule has 3 aliphatic rings. The summed E-state index contributed by atoms with van der Waals surface area (Å²) in [5.74, 6) is 1.03. The number of hydrogen-bond donors (Lipinski definition) is 0. The molecule has 1 saturated heterocycles. The minimum atomic E-state index is -0.269. The highest BCUT2D eigenvalue weighted by Gasteiger charge is 2.43. The molecule has 0 aromatic heterocycles. The van der Waals surface area contributed by atoms with Gasteiger partial charge in [0.05, 0.1) is 9.72 Å². The molecule has 21 heavy (non-hydrogen) atoms. The second kappa shape index (κ2) is 5.06. The lowest BCUT2D eigenvalue weighted by Gasteiger charge is -2.29. The molecule has 2 heterocycles. The largest absolute Gasteiger partial charge is 0.294 e. The van der Waals surface area contributed by atoms with Gasteiger partial charge in [-0.1, -0.05) is 6.07 Å². The molecule has 1 aliphatic carbocycles. The predicted molar refractivity (Wildman–Crippen MR) is 86.4 cm³/mol. The molecule has 0 amide bonds. The number of benzene rings is 1. The Morgan fingerprint density at radius 1 is 1.29 bits per heavy atom. The minimum absolute atomic E-state index is 0.0342. The van der Waals surface area contributed by atoms with Crippen molar-refractivity contribution in [3.63, 3.8) is 0 Å². The molecular formula is C16H13BrFNOS. The molecular weight excluding hydrogens is 353 g/mol. The van der Waals surface area contributed by atoms with Crippen molar-refractivity contribution in [3.05, 3.63) is 45.3 Å². The Bertz CT molecular complexity index is 712. The van der Waals surface area contributed by atoms with E-state index in [1.54, 1.807) is 0 Å². The fourth-order valence-corrected chi connectivity index (χ4v) is 5.27. The highest BCUT2D eigenvalue weighted by Crippen LogP contribution is 2.48. The summed E-state index contributed by atoms with van der Waals surface area (Å²) in [7, 11) is 0. The highest BCUT2D eigenvalue weighted by atomic mass is 79.9. The lowest BCUT2D eigenvalue weighted by molar-refractivity contribution is -0.115. The van der Waals surface area contributed by atoms with E-state index in [4.69, 9.17) is 4.99 Å². The first-order valence-corrected chi connectivity index (χ1v) is 8.89. The molecule has 2 aliphatic heterocycles. The Hall–Kier alpha value is -0.940. The van der Waals surface area contributed by atoms with Crippen molar-refractivity contribution in [1.29, 1.82) is 0 Å². The van der Waals surface area contributed by atoms with Crippen LogP contribution in [0.3, 0.4) is 0 Å². The summed E-state index contributed by atoms with van der Waals surface area (Å²) < 4.78 is 14.0. The van der Waals surface area contributed by atoms with Gasteiger partial charge in [-0.2, -0.15) is 11.8 Å². The Kier molecular flexibility index (Phi) is 3.30. The van der Waals surface area contributed by atoms with Crippen molar-refractivity contribution in [2.45, 2.75) is 30.4 Å². The summed E-state index contributed by atoms with van der Waals surface area (Å²) >= 11 is 5.12. The van der Waals surface area contributed by atoms with Gasteiger partial charge >= 0.3 is 0 Å². The lowest BCUT2D eigenvalue weighted by atomic mass is 9.82. The van der Waals surface area contributed by atoms with E-state index in [1.165, 1.54) is 11.8 Å². The van der Waals surface area contributed by atoms with Crippen molar-refractivity contribution >= 4 is 39.2 Å². The Morgan fingerprint density at radius 2 is 2.14 bits per heavy atom. The van der Waals surface area contributed by atoms with Crippen molar-refractivity contribution in [2.75, 3.05) is 5.75 Å². The number of fused-ring (bicyclic) bond motifs is 1. The number of halogens is 2. The number of carbonyl (C=O) groups excluding carboxylic acids is 1. The second-order valence-corrected chi connectivity index (χ2v) is 7.68. The summed E-state index contributed by atoms with van der Waals surface area (Å²) in [6, 6.07) is 5.10. The molecule has 5 heteroatoms. The number of allylic oxidation sites excluding steroid dienone is 2. The normalized spacial score (nSPS) is 27.7. The number of aliphatic imine (C=N–C) groups is 1. The third-order valence-corrected chi connectivity index (χ3v) is 6.33. The van der Waals surface area contributed by atoms with Crippen LogP contribution in [0, 0.1) is 5.82 Å². The van der Waals surface area contributed by atoms with Crippen LogP contribution < -0.4 is 0 Å². The number of thioether (sulfide) groups is 1. The average Bonchev–Trinajstić information content (AvgIpc) is 3.07. The predicted octanol–water partition coefficient (Wildman–Crippen LogP) is 4.25. The van der Waals surface area contributed by atoms with Gasteiger partial charge in [0.25, 0.3) is 0 Å². The maximum Gasteiger partial charge on any atom is 0.161 e. The molecule has 0 saturated carbocycles. The van der Waals surface area contributed by atoms with Crippen LogP contribution in [0.1, 0.15) is 30.7 Å². The molecule has 1 aromatic carbocycles. The van der Waals surface area contributed by atoms with Crippen LogP contribution in [0.15, 0.2) is 38.9 Å². The van der Waals surface area contributed by atoms with Gasteiger partial charge in [-0.05, 0) is 52.2 Å². The van der Waals surface area contributed by atoms with Crippen molar-refractivity contribution < 1.29 is 9.18 Å². The van der Waals surface area contributed by atoms with Crippen molar-refractivity contribution in [2.24, 2.45) is 4.99 Å². The van der Waals surface area contributed by atoms with Crippen molar-refractivity contribution in [3.8, 4) is 0 Å². The molecule has 1 fully saturated rings. The van der Waals surface area contributed by atoms with E-state index in [9.17, 15) is 9.18 Å². The lowest BCUT2D eigenvalue weighted by Crippen LogP contribution is -2.28. The third-order valence-electron chi connectivity index (χ3n) is 4.38. The van der Waals surface area contributed by atoms with Gasteiger partial charge in [0.1, 0.15) is 5.82 Å². The summed E-state index contributed by atoms with van der Waals surface area (Å²) in [6.07, 6.45) is 2.32. The van der Waals surface area contributed by atoms with E-state index in [0.29, 0.717) is 10.9 Å². The van der Waals surface area contributed by atoms with Crippen LogP contribution in [0.5, 0.6) is 0 Å². The molecule has 0 radical (unpaired) electrons. The first kappa shape index (κ1) is 13.7. The highest BCUT2D eigenvalue weighted by molar-refractivity contribution is 9.10. The second-order valence-electron chi connectivity index (χ2n) is 5.58. The maximum atomic E-state index is 13.5. The molecule has 0 N–H and O–H groups in total. The van der Waals surface area contributed by atoms with E-state index < -0.39 is 0 Å². The zero-order chi connectivity index (χ0) is 14.6. The van der Waals surface area contributed by atoms with E-state index >= 15 is 0 Å². The molecule has 2 nitrogen and oxygen atoms in total. The van der Waals surface area contributed by atoms with Gasteiger partial charge in [-0.25, -0.2) is 4.39 Å². The summed E-state index contributed by atoms with van der Waals surface area (Å²) in [6.45, 7) is 0. The van der Waals surface area contributed by atoms with Gasteiger partial charge in [-0.15, -0.1) is 0 Å². The molecule has 0 spiro atoms. The van der Waals surface area contributed by atoms with Crippen LogP contribution >= 0.6 is 27.7 Å². The summed E-state index contributed by atoms with van der Waals surface area (Å²) in [4.78, 5) is 17.1. The van der Waals surface area contributed by atoms with Gasteiger partial charge in [0.2, 0.25) is 0 Å². The van der Waals surface area contributed by atoms with Gasteiger partial charge in [0, 0.05) is 29.3 Å². The first-order chi connectivity index (χ1) is 10.1. The maximum absolute atomic E-state index is 13.5. The quantitative estimate of drug-likeness (QED) is 0.744. The monoisotopic (exact) mass is 365 g/mol. The number of ketones is 1. The van der Waals surface area contributed by atoms with Crippen LogP contribution in [0.25, 0.3) is 0 Å². The smallest absolute Gasteiger partial charge is 0.161 e. The zero-order valence-corrected chi connectivity index (χ0v) is 13.6. The zero-order valence-electron chi connectivity index (χ0n) is 11.2. The number of nitrogens with zero attached hydrogens (tertiary/aromatic N) is 1. The van der Waals surface area contributed by atoms with E-state index in [2.05, 4.69) is 15.9 Å². The topological polar surface area (TPSA) is 29.4 Å². The number of Topliss-reactive ketones (excluding diaryl/α,β-unsaturated/α-hetero) is 1. The Labute approximate surface area is 135 Å². The molecule has 108 valence electrons. The number of hydrogen-bond acceptors (Lipinski definition) is 3. The summed E-state index contributed by atoms with van der Waals surface area (Å²) in [5.41, 5.74) is 4.06. The van der Waals surface area contributed by atoms with Crippen molar-refractivity contribution in [1.82, 2.24) is 0 Å². The molecule has 0 bridgehead atoms. The van der Waals surface area contributed by atoms with Gasteiger partial charge < -0.3 is 0 Å². The van der Waals surface area contributed by atoms with Crippen LogP contribution in [0.4, 0.5) is 4.39 Å². The molecule has 2 atom stereocenters. The minimum Gasteiger partial charge on any atom is -0.294 e. The Morgan fingerprint density at radius 3 is 2.95 bits per heavy atom. The molecule has 1 unspecified atom stereocenters. The van der Waals surface area contributed by atoms with E-state index in [1.807, 2.05) is 23.9 Å². The van der Waals surface area contributed by atoms with E-state index in [0.717, 1.165) is 35.4 Å². The fourth-order valence-electron chi connectivity index (χ4n) is 3.44. The summed E-state index contributed by atoms with van der Waals surface area (Å²) in [5, 5.41) is 0.239.